The summed E-state index contributed by atoms with van der Waals surface area (Å²) < 4.78 is 0. The minimum absolute atomic E-state index is 0.415. The standard InChI is InChI=1S/C11H18N2O/c14-11-3-1-2-10-9-4-8(5-12-6-9)7-13(10)11/h8-10,12H,1-7H2/t8-,9-,10?/m1/s1. The lowest BCUT2D eigenvalue weighted by Gasteiger charge is -2.49. The molecule has 0 radical (unpaired) electrons. The lowest BCUT2D eigenvalue weighted by atomic mass is 9.77. The number of rotatable bonds is 0. The van der Waals surface area contributed by atoms with Gasteiger partial charge in [-0.25, -0.2) is 0 Å². The summed E-state index contributed by atoms with van der Waals surface area (Å²) in [6.07, 6.45) is 4.50. The van der Waals surface area contributed by atoms with Crippen LogP contribution in [0.25, 0.3) is 0 Å². The van der Waals surface area contributed by atoms with Gasteiger partial charge in [0.2, 0.25) is 5.91 Å². The third kappa shape index (κ3) is 1.26. The number of piperidine rings is 3. The molecule has 0 spiro atoms. The molecule has 3 aliphatic rings. The van der Waals surface area contributed by atoms with Gasteiger partial charge < -0.3 is 10.2 Å². The van der Waals surface area contributed by atoms with Crippen molar-refractivity contribution in [1.29, 1.82) is 0 Å². The zero-order valence-electron chi connectivity index (χ0n) is 8.54. The molecular formula is C11H18N2O. The van der Waals surface area contributed by atoms with Gasteiger partial charge in [0.05, 0.1) is 0 Å². The molecule has 3 fully saturated rings. The van der Waals surface area contributed by atoms with E-state index in [9.17, 15) is 4.79 Å². The van der Waals surface area contributed by atoms with Gasteiger partial charge in [0.25, 0.3) is 0 Å². The van der Waals surface area contributed by atoms with E-state index in [2.05, 4.69) is 10.2 Å². The number of nitrogens with one attached hydrogen (secondary N) is 1. The molecule has 3 rings (SSSR count). The lowest BCUT2D eigenvalue weighted by molar-refractivity contribution is -0.142. The highest BCUT2D eigenvalue weighted by Gasteiger charge is 2.41. The van der Waals surface area contributed by atoms with Crippen molar-refractivity contribution in [1.82, 2.24) is 10.2 Å². The lowest BCUT2D eigenvalue weighted by Crippen LogP contribution is -2.59. The van der Waals surface area contributed by atoms with Gasteiger partial charge >= 0.3 is 0 Å². The van der Waals surface area contributed by atoms with Crippen LogP contribution in [0.5, 0.6) is 0 Å². The Morgan fingerprint density at radius 3 is 3.21 bits per heavy atom. The molecule has 0 saturated carbocycles. The van der Waals surface area contributed by atoms with Crippen molar-refractivity contribution in [3.8, 4) is 0 Å². The van der Waals surface area contributed by atoms with Crippen LogP contribution < -0.4 is 5.32 Å². The second-order valence-electron chi connectivity index (χ2n) is 5.03. The first-order valence-corrected chi connectivity index (χ1v) is 5.85. The van der Waals surface area contributed by atoms with Crippen molar-refractivity contribution in [2.24, 2.45) is 11.8 Å². The Bertz CT molecular complexity index is 254. The molecule has 3 heteroatoms. The first kappa shape index (κ1) is 8.72. The molecular weight excluding hydrogens is 176 g/mol. The van der Waals surface area contributed by atoms with Crippen LogP contribution in [-0.2, 0) is 4.79 Å². The van der Waals surface area contributed by atoms with Crippen LogP contribution in [-0.4, -0.2) is 36.5 Å². The van der Waals surface area contributed by atoms with Crippen LogP contribution in [0.3, 0.4) is 0 Å². The topological polar surface area (TPSA) is 32.3 Å². The highest BCUT2D eigenvalue weighted by Crippen LogP contribution is 2.35. The van der Waals surface area contributed by atoms with Crippen molar-refractivity contribution in [3.05, 3.63) is 0 Å². The monoisotopic (exact) mass is 194 g/mol. The van der Waals surface area contributed by atoms with E-state index in [1.807, 2.05) is 0 Å². The molecule has 0 aromatic heterocycles. The highest BCUT2D eigenvalue weighted by atomic mass is 16.2. The Hall–Kier alpha value is -0.570. The van der Waals surface area contributed by atoms with Gasteiger partial charge in [0, 0.05) is 19.0 Å². The maximum atomic E-state index is 11.8. The number of hydrogen-bond donors (Lipinski definition) is 1. The van der Waals surface area contributed by atoms with Gasteiger partial charge in [-0.05, 0) is 44.2 Å². The van der Waals surface area contributed by atoms with Crippen molar-refractivity contribution in [3.63, 3.8) is 0 Å². The normalized spacial score (nSPS) is 42.1. The summed E-state index contributed by atoms with van der Waals surface area (Å²) in [6.45, 7) is 3.27. The molecule has 3 aliphatic heterocycles. The minimum Gasteiger partial charge on any atom is -0.339 e. The quantitative estimate of drug-likeness (QED) is 0.612. The number of carbonyl (C=O) groups is 1. The Morgan fingerprint density at radius 2 is 2.29 bits per heavy atom. The van der Waals surface area contributed by atoms with E-state index in [0.29, 0.717) is 11.9 Å². The smallest absolute Gasteiger partial charge is 0.222 e. The second kappa shape index (κ2) is 3.23. The summed E-state index contributed by atoms with van der Waals surface area (Å²) in [5, 5.41) is 3.50. The summed E-state index contributed by atoms with van der Waals surface area (Å²) in [6, 6.07) is 0.570. The average Bonchev–Trinajstić information content (AvgIpc) is 2.20. The molecule has 3 atom stereocenters. The zero-order chi connectivity index (χ0) is 9.54. The van der Waals surface area contributed by atoms with E-state index in [0.717, 1.165) is 44.3 Å². The number of amides is 1. The molecule has 0 aliphatic carbocycles. The molecule has 14 heavy (non-hydrogen) atoms. The first-order valence-electron chi connectivity index (χ1n) is 5.85. The molecule has 1 unspecified atom stereocenters. The molecule has 0 aromatic rings. The molecule has 0 aromatic carbocycles. The van der Waals surface area contributed by atoms with Gasteiger partial charge in [-0.15, -0.1) is 0 Å². The fraction of sp³-hybridized carbons (Fsp3) is 0.909. The number of hydrogen-bond acceptors (Lipinski definition) is 2. The van der Waals surface area contributed by atoms with E-state index in [-0.39, 0.29) is 0 Å². The van der Waals surface area contributed by atoms with Crippen LogP contribution in [0, 0.1) is 11.8 Å². The SMILES string of the molecule is O=C1CCCC2[C@H]3CNC[C@@H](C3)CN12. The molecule has 2 bridgehead atoms. The van der Waals surface area contributed by atoms with Gasteiger partial charge in [0.1, 0.15) is 0 Å². The Balaban J connectivity index is 1.83. The average molecular weight is 194 g/mol. The summed E-state index contributed by atoms with van der Waals surface area (Å²) in [7, 11) is 0. The van der Waals surface area contributed by atoms with Crippen molar-refractivity contribution >= 4 is 5.91 Å². The highest BCUT2D eigenvalue weighted by molar-refractivity contribution is 5.77. The summed E-state index contributed by atoms with van der Waals surface area (Å²) in [5.41, 5.74) is 0. The van der Waals surface area contributed by atoms with E-state index >= 15 is 0 Å². The van der Waals surface area contributed by atoms with Crippen molar-refractivity contribution in [2.45, 2.75) is 31.7 Å². The number of nitrogens with zero attached hydrogens (tertiary/aromatic N) is 1. The minimum atomic E-state index is 0.415. The Morgan fingerprint density at radius 1 is 1.36 bits per heavy atom. The Kier molecular flexibility index (Phi) is 2.01. The van der Waals surface area contributed by atoms with E-state index in [1.165, 1.54) is 12.8 Å². The number of carbonyl (C=O) groups excluding carboxylic acids is 1. The summed E-state index contributed by atoms with van der Waals surface area (Å²) in [4.78, 5) is 13.9. The maximum Gasteiger partial charge on any atom is 0.222 e. The molecule has 1 amide bonds. The third-order valence-corrected chi connectivity index (χ3v) is 4.09. The van der Waals surface area contributed by atoms with Crippen molar-refractivity contribution < 1.29 is 4.79 Å². The van der Waals surface area contributed by atoms with E-state index in [4.69, 9.17) is 0 Å². The van der Waals surface area contributed by atoms with Gasteiger partial charge in [-0.2, -0.15) is 0 Å². The molecule has 78 valence electrons. The largest absolute Gasteiger partial charge is 0.339 e. The zero-order valence-corrected chi connectivity index (χ0v) is 8.54. The third-order valence-electron chi connectivity index (χ3n) is 4.09. The van der Waals surface area contributed by atoms with Gasteiger partial charge in [-0.1, -0.05) is 0 Å². The first-order chi connectivity index (χ1) is 6.84. The van der Waals surface area contributed by atoms with E-state index < -0.39 is 0 Å². The van der Waals surface area contributed by atoms with E-state index in [1.54, 1.807) is 0 Å². The fourth-order valence-electron chi connectivity index (χ4n) is 3.45. The van der Waals surface area contributed by atoms with Crippen LogP contribution in [0.15, 0.2) is 0 Å². The van der Waals surface area contributed by atoms with Crippen LogP contribution >= 0.6 is 0 Å². The molecule has 3 saturated heterocycles. The maximum absolute atomic E-state index is 11.8. The van der Waals surface area contributed by atoms with Crippen LogP contribution in [0.4, 0.5) is 0 Å². The predicted molar refractivity (Wildman–Crippen MR) is 53.8 cm³/mol. The fourth-order valence-corrected chi connectivity index (χ4v) is 3.45. The summed E-state index contributed by atoms with van der Waals surface area (Å²) in [5.74, 6) is 1.89. The van der Waals surface area contributed by atoms with Gasteiger partial charge in [0.15, 0.2) is 0 Å². The summed E-state index contributed by atoms with van der Waals surface area (Å²) >= 11 is 0. The molecule has 3 heterocycles. The molecule has 3 nitrogen and oxygen atoms in total. The van der Waals surface area contributed by atoms with Crippen LogP contribution in [0.2, 0.25) is 0 Å². The van der Waals surface area contributed by atoms with Crippen molar-refractivity contribution in [2.75, 3.05) is 19.6 Å². The van der Waals surface area contributed by atoms with Gasteiger partial charge in [-0.3, -0.25) is 4.79 Å². The predicted octanol–water partition coefficient (Wildman–Crippen LogP) is 0.607. The second-order valence-corrected chi connectivity index (χ2v) is 5.03. The van der Waals surface area contributed by atoms with Crippen LogP contribution in [0.1, 0.15) is 25.7 Å². The Labute approximate surface area is 84.8 Å². The number of fused-ring (bicyclic) bond motifs is 4. The molecule has 1 N–H and O–H groups in total.